The number of nitrogens with one attached hydrogen (secondary N) is 1. The van der Waals surface area contributed by atoms with E-state index in [1.165, 1.54) is 31.2 Å². The first-order valence-corrected chi connectivity index (χ1v) is 9.62. The molecule has 0 unspecified atom stereocenters. The Kier molecular flexibility index (Phi) is 6.77. The smallest absolute Gasteiger partial charge is 0.220 e. The summed E-state index contributed by atoms with van der Waals surface area (Å²) in [4.78, 5) is 14.9. The second kappa shape index (κ2) is 9.48. The highest BCUT2D eigenvalue weighted by Crippen LogP contribution is 2.23. The first kappa shape index (κ1) is 18.6. The lowest BCUT2D eigenvalue weighted by molar-refractivity contribution is -0.121. The molecule has 0 aliphatic carbocycles. The van der Waals surface area contributed by atoms with E-state index < -0.39 is 0 Å². The van der Waals surface area contributed by atoms with Crippen molar-refractivity contribution in [3.05, 3.63) is 48.0 Å². The topological polar surface area (TPSA) is 63.1 Å². The van der Waals surface area contributed by atoms with E-state index in [9.17, 15) is 4.79 Å². The Balaban J connectivity index is 1.58. The number of hydrogen-bond donors (Lipinski definition) is 1. The average Bonchev–Trinajstić information content (AvgIpc) is 2.90. The van der Waals surface area contributed by atoms with E-state index in [-0.39, 0.29) is 11.9 Å². The fourth-order valence-electron chi connectivity index (χ4n) is 3.60. The minimum Gasteiger partial charge on any atom is -0.354 e. The van der Waals surface area contributed by atoms with Crippen molar-refractivity contribution in [2.45, 2.75) is 44.6 Å². The van der Waals surface area contributed by atoms with Crippen molar-refractivity contribution < 1.29 is 4.79 Å². The number of amides is 1. The van der Waals surface area contributed by atoms with Gasteiger partial charge in [0, 0.05) is 26.4 Å². The molecule has 1 aromatic carbocycles. The number of hydrogen-bond acceptors (Lipinski definition) is 4. The summed E-state index contributed by atoms with van der Waals surface area (Å²) in [7, 11) is 1.90. The number of carbonyl (C=O) groups excluding carboxylic acids is 1. The number of aryl methyl sites for hydroxylation is 2. The molecule has 0 radical (unpaired) electrons. The van der Waals surface area contributed by atoms with Gasteiger partial charge in [0.2, 0.25) is 5.91 Å². The molecule has 6 nitrogen and oxygen atoms in total. The molecule has 1 N–H and O–H groups in total. The van der Waals surface area contributed by atoms with Crippen molar-refractivity contribution in [3.63, 3.8) is 0 Å². The van der Waals surface area contributed by atoms with Crippen molar-refractivity contribution in [2.24, 2.45) is 7.05 Å². The fourth-order valence-corrected chi connectivity index (χ4v) is 3.60. The summed E-state index contributed by atoms with van der Waals surface area (Å²) in [6, 6.07) is 10.8. The van der Waals surface area contributed by atoms with Crippen LogP contribution < -0.4 is 5.32 Å². The summed E-state index contributed by atoms with van der Waals surface area (Å²) in [5.41, 5.74) is 1.28. The summed E-state index contributed by atoms with van der Waals surface area (Å²) < 4.78 is 1.86. The van der Waals surface area contributed by atoms with Gasteiger partial charge in [-0.1, -0.05) is 43.2 Å². The maximum atomic E-state index is 12.3. The number of likely N-dealkylation sites (tertiary alicyclic amines) is 1. The SMILES string of the molecule is Cn1cnnc1CCC(=O)NC[C@H](c1ccccc1)N1CCCCCC1. The van der Waals surface area contributed by atoms with Crippen LogP contribution in [-0.4, -0.2) is 45.2 Å². The fraction of sp³-hybridized carbons (Fsp3) is 0.550. The van der Waals surface area contributed by atoms with Gasteiger partial charge in [-0.2, -0.15) is 0 Å². The number of aromatic nitrogens is 3. The predicted octanol–water partition coefficient (Wildman–Crippen LogP) is 2.48. The van der Waals surface area contributed by atoms with Crippen LogP contribution in [0.15, 0.2) is 36.7 Å². The molecule has 2 aromatic rings. The molecule has 1 atom stereocenters. The second-order valence-electron chi connectivity index (χ2n) is 7.04. The molecule has 1 aliphatic rings. The number of carbonyl (C=O) groups is 1. The van der Waals surface area contributed by atoms with Gasteiger partial charge in [-0.3, -0.25) is 9.69 Å². The van der Waals surface area contributed by atoms with Crippen LogP contribution >= 0.6 is 0 Å². The van der Waals surface area contributed by atoms with Crippen LogP contribution in [0.3, 0.4) is 0 Å². The maximum Gasteiger partial charge on any atom is 0.220 e. The lowest BCUT2D eigenvalue weighted by Crippen LogP contribution is -2.38. The van der Waals surface area contributed by atoms with E-state index in [2.05, 4.69) is 44.7 Å². The van der Waals surface area contributed by atoms with Gasteiger partial charge in [0.05, 0.1) is 6.04 Å². The highest BCUT2D eigenvalue weighted by Gasteiger charge is 2.22. The molecule has 1 saturated heterocycles. The van der Waals surface area contributed by atoms with Gasteiger partial charge in [-0.15, -0.1) is 10.2 Å². The van der Waals surface area contributed by atoms with Gasteiger partial charge in [0.1, 0.15) is 12.2 Å². The predicted molar refractivity (Wildman–Crippen MR) is 102 cm³/mol. The van der Waals surface area contributed by atoms with Crippen molar-refractivity contribution in [3.8, 4) is 0 Å². The minimum absolute atomic E-state index is 0.0729. The normalized spacial score (nSPS) is 16.8. The molecular weight excluding hydrogens is 326 g/mol. The first-order valence-electron chi connectivity index (χ1n) is 9.62. The average molecular weight is 355 g/mol. The Labute approximate surface area is 155 Å². The van der Waals surface area contributed by atoms with E-state index in [0.717, 1.165) is 18.9 Å². The van der Waals surface area contributed by atoms with Crippen LogP contribution in [0.1, 0.15) is 49.5 Å². The third-order valence-electron chi connectivity index (χ3n) is 5.14. The van der Waals surface area contributed by atoms with Gasteiger partial charge in [0.25, 0.3) is 0 Å². The van der Waals surface area contributed by atoms with Gasteiger partial charge in [0.15, 0.2) is 0 Å². The molecule has 1 aliphatic heterocycles. The monoisotopic (exact) mass is 355 g/mol. The highest BCUT2D eigenvalue weighted by molar-refractivity contribution is 5.76. The van der Waals surface area contributed by atoms with Crippen molar-refractivity contribution in [1.29, 1.82) is 0 Å². The minimum atomic E-state index is 0.0729. The molecule has 1 amide bonds. The van der Waals surface area contributed by atoms with Gasteiger partial charge < -0.3 is 9.88 Å². The zero-order valence-corrected chi connectivity index (χ0v) is 15.6. The Morgan fingerprint density at radius 1 is 1.15 bits per heavy atom. The molecular formula is C20H29N5O. The molecule has 0 spiro atoms. The second-order valence-corrected chi connectivity index (χ2v) is 7.04. The Hall–Kier alpha value is -2.21. The van der Waals surface area contributed by atoms with E-state index >= 15 is 0 Å². The van der Waals surface area contributed by atoms with E-state index in [1.807, 2.05) is 17.7 Å². The number of benzene rings is 1. The van der Waals surface area contributed by atoms with E-state index in [1.54, 1.807) is 6.33 Å². The van der Waals surface area contributed by atoms with Crippen LogP contribution in [0.4, 0.5) is 0 Å². The van der Waals surface area contributed by atoms with Crippen molar-refractivity contribution in [2.75, 3.05) is 19.6 Å². The standard InChI is InChI=1S/C20H29N5O/c1-24-16-22-23-19(24)11-12-20(26)21-15-18(17-9-5-4-6-10-17)25-13-7-2-3-8-14-25/h4-6,9-10,16,18H,2-3,7-8,11-15H2,1H3,(H,21,26)/t18-/m1/s1. The molecule has 140 valence electrons. The number of nitrogens with zero attached hydrogens (tertiary/aromatic N) is 4. The van der Waals surface area contributed by atoms with Crippen LogP contribution in [0.2, 0.25) is 0 Å². The van der Waals surface area contributed by atoms with Crippen LogP contribution in [0.5, 0.6) is 0 Å². The van der Waals surface area contributed by atoms with Gasteiger partial charge in [-0.05, 0) is 31.5 Å². The molecule has 0 saturated carbocycles. The van der Waals surface area contributed by atoms with E-state index in [4.69, 9.17) is 0 Å². The lowest BCUT2D eigenvalue weighted by Gasteiger charge is -2.31. The Morgan fingerprint density at radius 3 is 2.54 bits per heavy atom. The Morgan fingerprint density at radius 2 is 1.88 bits per heavy atom. The largest absolute Gasteiger partial charge is 0.354 e. The zero-order chi connectivity index (χ0) is 18.2. The van der Waals surface area contributed by atoms with Gasteiger partial charge >= 0.3 is 0 Å². The zero-order valence-electron chi connectivity index (χ0n) is 15.6. The van der Waals surface area contributed by atoms with Crippen molar-refractivity contribution in [1.82, 2.24) is 25.0 Å². The molecule has 2 heterocycles. The van der Waals surface area contributed by atoms with Crippen LogP contribution in [-0.2, 0) is 18.3 Å². The lowest BCUT2D eigenvalue weighted by atomic mass is 10.0. The molecule has 1 fully saturated rings. The van der Waals surface area contributed by atoms with Crippen molar-refractivity contribution >= 4 is 5.91 Å². The third-order valence-corrected chi connectivity index (χ3v) is 5.14. The summed E-state index contributed by atoms with van der Waals surface area (Å²) in [5.74, 6) is 0.913. The Bertz CT molecular complexity index is 677. The highest BCUT2D eigenvalue weighted by atomic mass is 16.1. The summed E-state index contributed by atoms with van der Waals surface area (Å²) in [6.07, 6.45) is 7.81. The summed E-state index contributed by atoms with van der Waals surface area (Å²) in [5, 5.41) is 11.0. The molecule has 0 bridgehead atoms. The van der Waals surface area contributed by atoms with Crippen LogP contribution in [0.25, 0.3) is 0 Å². The quantitative estimate of drug-likeness (QED) is 0.829. The first-order chi connectivity index (χ1) is 12.7. The molecule has 6 heteroatoms. The maximum absolute atomic E-state index is 12.3. The molecule has 3 rings (SSSR count). The molecule has 26 heavy (non-hydrogen) atoms. The van der Waals surface area contributed by atoms with Crippen LogP contribution in [0, 0.1) is 0 Å². The summed E-state index contributed by atoms with van der Waals surface area (Å²) in [6.45, 7) is 2.87. The summed E-state index contributed by atoms with van der Waals surface area (Å²) >= 11 is 0. The molecule has 1 aromatic heterocycles. The van der Waals surface area contributed by atoms with Gasteiger partial charge in [-0.25, -0.2) is 0 Å². The third kappa shape index (κ3) is 5.14. The number of rotatable bonds is 7. The van der Waals surface area contributed by atoms with E-state index in [0.29, 0.717) is 19.4 Å².